The molecule has 0 spiro atoms. The number of nitrogens with zero attached hydrogens (tertiary/aromatic N) is 1. The van der Waals surface area contributed by atoms with Gasteiger partial charge in [-0.3, -0.25) is 19.3 Å². The minimum absolute atomic E-state index is 0. The third-order valence-corrected chi connectivity index (χ3v) is 2.40. The van der Waals surface area contributed by atoms with Crippen molar-refractivity contribution >= 4 is 30.1 Å². The van der Waals surface area contributed by atoms with Gasteiger partial charge in [-0.15, -0.1) is 12.4 Å². The highest BCUT2D eigenvalue weighted by Crippen LogP contribution is 2.06. The Morgan fingerprint density at radius 2 is 1.83 bits per heavy atom. The van der Waals surface area contributed by atoms with E-state index < -0.39 is 0 Å². The number of nitrogens with two attached hydrogens (primary N) is 1. The van der Waals surface area contributed by atoms with Gasteiger partial charge in [0.25, 0.3) is 11.8 Å². The van der Waals surface area contributed by atoms with E-state index in [1.807, 2.05) is 0 Å². The molecule has 0 atom stereocenters. The average Bonchev–Trinajstić information content (AvgIpc) is 2.62. The molecule has 0 fully saturated rings. The van der Waals surface area contributed by atoms with Gasteiger partial charge in [-0.1, -0.05) is 0 Å². The summed E-state index contributed by atoms with van der Waals surface area (Å²) in [6, 6.07) is 0. The Morgan fingerprint density at radius 1 is 1.22 bits per heavy atom. The number of imide groups is 1. The molecule has 0 aliphatic carbocycles. The van der Waals surface area contributed by atoms with Crippen LogP contribution in [-0.2, 0) is 14.4 Å². The summed E-state index contributed by atoms with van der Waals surface area (Å²) in [5.74, 6) is -0.599. The van der Waals surface area contributed by atoms with E-state index in [2.05, 4.69) is 5.32 Å². The second-order valence-corrected chi connectivity index (χ2v) is 3.76. The Morgan fingerprint density at radius 3 is 2.39 bits per heavy atom. The number of nitrogens with one attached hydrogen (secondary N) is 1. The monoisotopic (exact) mass is 275 g/mol. The molecule has 0 unspecified atom stereocenters. The van der Waals surface area contributed by atoms with E-state index >= 15 is 0 Å². The Labute approximate surface area is 112 Å². The van der Waals surface area contributed by atoms with Crippen molar-refractivity contribution in [1.29, 1.82) is 0 Å². The molecule has 0 aromatic heterocycles. The number of carbonyl (C=O) groups excluding carboxylic acids is 3. The van der Waals surface area contributed by atoms with Crippen LogP contribution in [0, 0.1) is 0 Å². The number of hydrogen-bond acceptors (Lipinski definition) is 4. The summed E-state index contributed by atoms with van der Waals surface area (Å²) in [4.78, 5) is 34.7. The van der Waals surface area contributed by atoms with Crippen LogP contribution in [-0.4, -0.2) is 42.3 Å². The number of amides is 3. The predicted octanol–water partition coefficient (Wildman–Crippen LogP) is -0.422. The maximum Gasteiger partial charge on any atom is 0.253 e. The third kappa shape index (κ3) is 5.29. The smallest absolute Gasteiger partial charge is 0.253 e. The van der Waals surface area contributed by atoms with Crippen molar-refractivity contribution in [3.05, 3.63) is 12.2 Å². The zero-order chi connectivity index (χ0) is 12.7. The van der Waals surface area contributed by atoms with Crippen molar-refractivity contribution in [2.45, 2.75) is 19.3 Å². The van der Waals surface area contributed by atoms with E-state index in [4.69, 9.17) is 5.73 Å². The second kappa shape index (κ2) is 8.66. The number of rotatable bonds is 7. The first-order chi connectivity index (χ1) is 8.15. The van der Waals surface area contributed by atoms with E-state index in [-0.39, 0.29) is 30.1 Å². The summed E-state index contributed by atoms with van der Waals surface area (Å²) in [6.07, 6.45) is 4.19. The normalized spacial score (nSPS) is 13.7. The lowest BCUT2D eigenvalue weighted by Gasteiger charge is -2.12. The molecule has 0 aromatic carbocycles. The molecule has 6 nitrogen and oxygen atoms in total. The zero-order valence-electron chi connectivity index (χ0n) is 10.1. The molecule has 7 heteroatoms. The van der Waals surface area contributed by atoms with Crippen molar-refractivity contribution in [1.82, 2.24) is 10.2 Å². The predicted molar refractivity (Wildman–Crippen MR) is 69.0 cm³/mol. The summed E-state index contributed by atoms with van der Waals surface area (Å²) >= 11 is 0. The van der Waals surface area contributed by atoms with Gasteiger partial charge in [0.15, 0.2) is 0 Å². The number of unbranched alkanes of at least 4 members (excludes halogenated alkanes) is 1. The van der Waals surface area contributed by atoms with Crippen LogP contribution in [0.15, 0.2) is 12.2 Å². The van der Waals surface area contributed by atoms with Crippen molar-refractivity contribution in [3.63, 3.8) is 0 Å². The molecule has 0 saturated heterocycles. The highest BCUT2D eigenvalue weighted by molar-refractivity contribution is 6.12. The van der Waals surface area contributed by atoms with Crippen LogP contribution in [0.1, 0.15) is 19.3 Å². The lowest BCUT2D eigenvalue weighted by molar-refractivity contribution is -0.136. The fraction of sp³-hybridized carbons (Fsp3) is 0.545. The van der Waals surface area contributed by atoms with Gasteiger partial charge in [0, 0.05) is 38.2 Å². The van der Waals surface area contributed by atoms with E-state index in [1.165, 1.54) is 17.1 Å². The Kier molecular flexibility index (Phi) is 7.98. The molecule has 1 rings (SSSR count). The highest BCUT2D eigenvalue weighted by Gasteiger charge is 2.22. The summed E-state index contributed by atoms with van der Waals surface area (Å²) in [5, 5.41) is 2.65. The Balaban J connectivity index is 0.00000289. The molecule has 1 aliphatic heterocycles. The first-order valence-corrected chi connectivity index (χ1v) is 5.65. The van der Waals surface area contributed by atoms with Crippen LogP contribution in [0.3, 0.4) is 0 Å². The van der Waals surface area contributed by atoms with Gasteiger partial charge >= 0.3 is 0 Å². The minimum atomic E-state index is -0.275. The maximum absolute atomic E-state index is 11.2. The Bertz CT molecular complexity index is 326. The van der Waals surface area contributed by atoms with Crippen LogP contribution in [0.2, 0.25) is 0 Å². The van der Waals surface area contributed by atoms with E-state index in [0.29, 0.717) is 38.9 Å². The van der Waals surface area contributed by atoms with Gasteiger partial charge < -0.3 is 11.1 Å². The summed E-state index contributed by atoms with van der Waals surface area (Å²) in [6.45, 7) is 1.27. The van der Waals surface area contributed by atoms with Crippen LogP contribution >= 0.6 is 12.4 Å². The van der Waals surface area contributed by atoms with Crippen LogP contribution in [0.4, 0.5) is 0 Å². The van der Waals surface area contributed by atoms with E-state index in [1.54, 1.807) is 0 Å². The molecule has 1 heterocycles. The standard InChI is InChI=1S/C11H17N3O3.ClH/c12-6-7-13-9(15)3-1-2-8-14-10(16)4-5-11(14)17;/h4-5H,1-3,6-8,12H2,(H,13,15);1H. The molecule has 0 saturated carbocycles. The van der Waals surface area contributed by atoms with Crippen LogP contribution in [0.5, 0.6) is 0 Å². The second-order valence-electron chi connectivity index (χ2n) is 3.76. The van der Waals surface area contributed by atoms with E-state index in [9.17, 15) is 14.4 Å². The largest absolute Gasteiger partial charge is 0.355 e. The fourth-order valence-corrected chi connectivity index (χ4v) is 1.51. The molecular weight excluding hydrogens is 258 g/mol. The van der Waals surface area contributed by atoms with Gasteiger partial charge in [-0.05, 0) is 12.8 Å². The number of hydrogen-bond donors (Lipinski definition) is 2. The highest BCUT2D eigenvalue weighted by atomic mass is 35.5. The van der Waals surface area contributed by atoms with Gasteiger partial charge in [0.1, 0.15) is 0 Å². The molecule has 3 N–H and O–H groups in total. The van der Waals surface area contributed by atoms with Gasteiger partial charge in [0.2, 0.25) is 5.91 Å². The zero-order valence-corrected chi connectivity index (χ0v) is 10.9. The van der Waals surface area contributed by atoms with Gasteiger partial charge in [-0.25, -0.2) is 0 Å². The summed E-state index contributed by atoms with van der Waals surface area (Å²) in [5.41, 5.74) is 5.24. The molecule has 1 aliphatic rings. The Hall–Kier alpha value is -1.40. The molecule has 0 aromatic rings. The number of halogens is 1. The van der Waals surface area contributed by atoms with Crippen molar-refractivity contribution in [2.24, 2.45) is 5.73 Å². The molecular formula is C11H18ClN3O3. The fourth-order valence-electron chi connectivity index (χ4n) is 1.51. The maximum atomic E-state index is 11.2. The van der Waals surface area contributed by atoms with E-state index in [0.717, 1.165) is 0 Å². The first kappa shape index (κ1) is 16.6. The quantitative estimate of drug-likeness (QED) is 0.487. The molecule has 0 bridgehead atoms. The van der Waals surface area contributed by atoms with Crippen molar-refractivity contribution in [2.75, 3.05) is 19.6 Å². The van der Waals surface area contributed by atoms with Crippen molar-refractivity contribution in [3.8, 4) is 0 Å². The summed E-state index contributed by atoms with van der Waals surface area (Å²) in [7, 11) is 0. The number of carbonyl (C=O) groups is 3. The minimum Gasteiger partial charge on any atom is -0.355 e. The van der Waals surface area contributed by atoms with Crippen molar-refractivity contribution < 1.29 is 14.4 Å². The van der Waals surface area contributed by atoms with Gasteiger partial charge in [-0.2, -0.15) is 0 Å². The molecule has 18 heavy (non-hydrogen) atoms. The SMILES string of the molecule is Cl.NCCNC(=O)CCCCN1C(=O)C=CC1=O. The molecule has 102 valence electrons. The lowest BCUT2D eigenvalue weighted by atomic mass is 10.2. The third-order valence-electron chi connectivity index (χ3n) is 2.40. The first-order valence-electron chi connectivity index (χ1n) is 5.65. The summed E-state index contributed by atoms with van der Waals surface area (Å²) < 4.78 is 0. The van der Waals surface area contributed by atoms with Gasteiger partial charge in [0.05, 0.1) is 0 Å². The van der Waals surface area contributed by atoms with Crippen LogP contribution < -0.4 is 11.1 Å². The molecule has 0 radical (unpaired) electrons. The topological polar surface area (TPSA) is 92.5 Å². The molecule has 3 amide bonds. The average molecular weight is 276 g/mol. The van der Waals surface area contributed by atoms with Crippen LogP contribution in [0.25, 0.3) is 0 Å². The lowest BCUT2D eigenvalue weighted by Crippen LogP contribution is -2.31.